The molecule has 0 unspecified atom stereocenters. The van der Waals surface area contributed by atoms with Crippen molar-refractivity contribution in [1.29, 1.82) is 0 Å². The van der Waals surface area contributed by atoms with Crippen LogP contribution in [0.25, 0.3) is 11.4 Å². The summed E-state index contributed by atoms with van der Waals surface area (Å²) in [7, 11) is 0. The van der Waals surface area contributed by atoms with Gasteiger partial charge in [-0.3, -0.25) is 9.78 Å². The molecule has 6 nitrogen and oxygen atoms in total. The van der Waals surface area contributed by atoms with Crippen molar-refractivity contribution in [2.45, 2.75) is 38.1 Å². The normalized spacial score (nSPS) is 16.1. The minimum absolute atomic E-state index is 0.0224. The highest BCUT2D eigenvalue weighted by Crippen LogP contribution is 2.29. The van der Waals surface area contributed by atoms with E-state index < -0.39 is 0 Å². The van der Waals surface area contributed by atoms with Gasteiger partial charge in [0.15, 0.2) is 5.82 Å². The number of pyridine rings is 1. The second-order valence-corrected chi connectivity index (χ2v) is 6.43. The second kappa shape index (κ2) is 7.47. The molecule has 4 rings (SSSR count). The van der Waals surface area contributed by atoms with Gasteiger partial charge >= 0.3 is 0 Å². The van der Waals surface area contributed by atoms with Crippen LogP contribution in [-0.4, -0.2) is 20.9 Å². The first-order chi connectivity index (χ1) is 12.8. The van der Waals surface area contributed by atoms with Crippen LogP contribution in [0.2, 0.25) is 0 Å². The topological polar surface area (TPSA) is 80.9 Å². The highest BCUT2D eigenvalue weighted by Gasteiger charge is 2.24. The van der Waals surface area contributed by atoms with Crippen LogP contribution in [-0.2, 0) is 17.6 Å². The maximum absolute atomic E-state index is 12.3. The molecular weight excluding hydrogens is 328 g/mol. The standard InChI is InChI=1S/C20H20N4O2/c25-19(9-8-15-5-3-11-26-15)23-17-6-1-7-18-16(17)13-22-20(24-18)14-4-2-10-21-12-14/h2-5,10-13,17H,1,6-9H2,(H,23,25)/t17-/m1/s1. The van der Waals surface area contributed by atoms with Crippen molar-refractivity contribution >= 4 is 5.91 Å². The number of nitrogens with zero attached hydrogens (tertiary/aromatic N) is 3. The summed E-state index contributed by atoms with van der Waals surface area (Å²) in [5.41, 5.74) is 2.94. The number of hydrogen-bond donors (Lipinski definition) is 1. The largest absolute Gasteiger partial charge is 0.469 e. The third kappa shape index (κ3) is 3.64. The van der Waals surface area contributed by atoms with Crippen LogP contribution in [0, 0.1) is 0 Å². The van der Waals surface area contributed by atoms with E-state index in [2.05, 4.69) is 15.3 Å². The molecule has 0 aromatic carbocycles. The highest BCUT2D eigenvalue weighted by atomic mass is 16.3. The lowest BCUT2D eigenvalue weighted by Crippen LogP contribution is -2.31. The van der Waals surface area contributed by atoms with Crippen LogP contribution in [0.5, 0.6) is 0 Å². The van der Waals surface area contributed by atoms with Crippen molar-refractivity contribution in [3.05, 3.63) is 66.1 Å². The Balaban J connectivity index is 1.46. The summed E-state index contributed by atoms with van der Waals surface area (Å²) < 4.78 is 5.28. The van der Waals surface area contributed by atoms with E-state index in [-0.39, 0.29) is 11.9 Å². The molecule has 0 saturated heterocycles. The molecule has 0 spiro atoms. The van der Waals surface area contributed by atoms with Crippen molar-refractivity contribution in [3.8, 4) is 11.4 Å². The molecule has 0 bridgehead atoms. The number of carbonyl (C=O) groups excluding carboxylic acids is 1. The number of aromatic nitrogens is 3. The van der Waals surface area contributed by atoms with Gasteiger partial charge in [-0.2, -0.15) is 0 Å². The van der Waals surface area contributed by atoms with E-state index in [1.165, 1.54) is 0 Å². The highest BCUT2D eigenvalue weighted by molar-refractivity contribution is 5.76. The van der Waals surface area contributed by atoms with Crippen molar-refractivity contribution < 1.29 is 9.21 Å². The zero-order valence-electron chi connectivity index (χ0n) is 14.4. The average Bonchev–Trinajstić information content (AvgIpc) is 3.21. The van der Waals surface area contributed by atoms with Crippen LogP contribution in [0.3, 0.4) is 0 Å². The van der Waals surface area contributed by atoms with E-state index in [1.54, 1.807) is 18.7 Å². The molecule has 0 saturated carbocycles. The van der Waals surface area contributed by atoms with Crippen molar-refractivity contribution in [2.75, 3.05) is 0 Å². The summed E-state index contributed by atoms with van der Waals surface area (Å²) in [5.74, 6) is 1.53. The van der Waals surface area contributed by atoms with Gasteiger partial charge in [0.2, 0.25) is 5.91 Å². The molecule has 1 aliphatic carbocycles. The molecular formula is C20H20N4O2. The number of furan rings is 1. The van der Waals surface area contributed by atoms with Gasteiger partial charge in [0.1, 0.15) is 5.76 Å². The summed E-state index contributed by atoms with van der Waals surface area (Å²) >= 11 is 0. The number of carbonyl (C=O) groups is 1. The van der Waals surface area contributed by atoms with E-state index in [0.717, 1.165) is 41.8 Å². The zero-order chi connectivity index (χ0) is 17.8. The van der Waals surface area contributed by atoms with Crippen LogP contribution in [0.15, 0.2) is 53.5 Å². The molecule has 3 heterocycles. The van der Waals surface area contributed by atoms with Crippen molar-refractivity contribution in [3.63, 3.8) is 0 Å². The van der Waals surface area contributed by atoms with Gasteiger partial charge in [0.25, 0.3) is 0 Å². The summed E-state index contributed by atoms with van der Waals surface area (Å²) in [4.78, 5) is 25.6. The molecule has 3 aromatic rings. The molecule has 6 heteroatoms. The van der Waals surface area contributed by atoms with E-state index in [9.17, 15) is 4.79 Å². The van der Waals surface area contributed by atoms with Gasteiger partial charge in [-0.25, -0.2) is 9.97 Å². The van der Waals surface area contributed by atoms with Crippen LogP contribution in [0.1, 0.15) is 42.3 Å². The maximum atomic E-state index is 12.3. The Morgan fingerprint density at radius 3 is 3.04 bits per heavy atom. The van der Waals surface area contributed by atoms with E-state index >= 15 is 0 Å². The first kappa shape index (κ1) is 16.4. The first-order valence-electron chi connectivity index (χ1n) is 8.87. The fourth-order valence-corrected chi connectivity index (χ4v) is 3.29. The number of hydrogen-bond acceptors (Lipinski definition) is 5. The Hall–Kier alpha value is -3.02. The number of fused-ring (bicyclic) bond motifs is 1. The van der Waals surface area contributed by atoms with E-state index in [0.29, 0.717) is 18.7 Å². The number of nitrogens with one attached hydrogen (secondary N) is 1. The maximum Gasteiger partial charge on any atom is 0.220 e. The second-order valence-electron chi connectivity index (χ2n) is 6.43. The Morgan fingerprint density at radius 2 is 2.23 bits per heavy atom. The lowest BCUT2D eigenvalue weighted by atomic mass is 9.92. The average molecular weight is 348 g/mol. The predicted molar refractivity (Wildman–Crippen MR) is 96.1 cm³/mol. The molecule has 0 radical (unpaired) electrons. The number of rotatable bonds is 5. The van der Waals surface area contributed by atoms with Gasteiger partial charge < -0.3 is 9.73 Å². The van der Waals surface area contributed by atoms with Crippen molar-refractivity contribution in [2.24, 2.45) is 0 Å². The smallest absolute Gasteiger partial charge is 0.220 e. The molecule has 1 amide bonds. The summed E-state index contributed by atoms with van der Waals surface area (Å²) in [6.07, 6.45) is 10.8. The molecule has 0 fully saturated rings. The van der Waals surface area contributed by atoms with Crippen molar-refractivity contribution in [1.82, 2.24) is 20.3 Å². The van der Waals surface area contributed by atoms with E-state index in [1.807, 2.05) is 30.5 Å². The van der Waals surface area contributed by atoms with Gasteiger partial charge in [-0.05, 0) is 43.5 Å². The first-order valence-corrected chi connectivity index (χ1v) is 8.87. The van der Waals surface area contributed by atoms with Gasteiger partial charge in [0, 0.05) is 48.3 Å². The summed E-state index contributed by atoms with van der Waals surface area (Å²) in [5, 5.41) is 3.12. The zero-order valence-corrected chi connectivity index (χ0v) is 14.4. The van der Waals surface area contributed by atoms with Crippen LogP contribution >= 0.6 is 0 Å². The molecule has 0 aliphatic heterocycles. The summed E-state index contributed by atoms with van der Waals surface area (Å²) in [6.45, 7) is 0. The Kier molecular flexibility index (Phi) is 4.73. The third-order valence-corrected chi connectivity index (χ3v) is 4.62. The monoisotopic (exact) mass is 348 g/mol. The fourth-order valence-electron chi connectivity index (χ4n) is 3.29. The lowest BCUT2D eigenvalue weighted by molar-refractivity contribution is -0.122. The van der Waals surface area contributed by atoms with Gasteiger partial charge in [-0.15, -0.1) is 0 Å². The van der Waals surface area contributed by atoms with Gasteiger partial charge in [-0.1, -0.05) is 0 Å². The van der Waals surface area contributed by atoms with E-state index in [4.69, 9.17) is 9.40 Å². The quantitative estimate of drug-likeness (QED) is 0.765. The predicted octanol–water partition coefficient (Wildman–Crippen LogP) is 3.26. The molecule has 1 N–H and O–H groups in total. The lowest BCUT2D eigenvalue weighted by Gasteiger charge is -2.25. The van der Waals surface area contributed by atoms with Crippen LogP contribution < -0.4 is 5.32 Å². The Morgan fingerprint density at radius 1 is 1.27 bits per heavy atom. The van der Waals surface area contributed by atoms with Crippen LogP contribution in [0.4, 0.5) is 0 Å². The molecule has 26 heavy (non-hydrogen) atoms. The molecule has 132 valence electrons. The Labute approximate surface area is 151 Å². The SMILES string of the molecule is O=C(CCc1ccco1)N[C@@H]1CCCc2nc(-c3cccnc3)ncc21. The number of aryl methyl sites for hydroxylation is 2. The third-order valence-electron chi connectivity index (χ3n) is 4.62. The van der Waals surface area contributed by atoms with Gasteiger partial charge in [0.05, 0.1) is 12.3 Å². The number of amides is 1. The molecule has 1 aliphatic rings. The minimum atomic E-state index is -0.0224. The summed E-state index contributed by atoms with van der Waals surface area (Å²) in [6, 6.07) is 7.52. The minimum Gasteiger partial charge on any atom is -0.469 e. The fraction of sp³-hybridized carbons (Fsp3) is 0.300. The molecule has 3 aromatic heterocycles. The Bertz CT molecular complexity index is 878. The molecule has 1 atom stereocenters.